The summed E-state index contributed by atoms with van der Waals surface area (Å²) in [5.41, 5.74) is 0.728. The van der Waals surface area contributed by atoms with Crippen LogP contribution >= 0.6 is 0 Å². The molecule has 3 aliphatic heterocycles. The number of nitrogens with one attached hydrogen (secondary N) is 2. The van der Waals surface area contributed by atoms with Crippen LogP contribution in [0.25, 0.3) is 0 Å². The Morgan fingerprint density at radius 2 is 1.54 bits per heavy atom. The van der Waals surface area contributed by atoms with E-state index in [2.05, 4.69) is 10.6 Å². The first-order valence-electron chi connectivity index (χ1n) is 10.9. The van der Waals surface area contributed by atoms with Crippen LogP contribution in [0.5, 0.6) is 23.0 Å². The maximum Gasteiger partial charge on any atom is 0.309 e. The van der Waals surface area contributed by atoms with Gasteiger partial charge < -0.3 is 34.3 Å². The van der Waals surface area contributed by atoms with E-state index in [0.29, 0.717) is 36.2 Å². The van der Waals surface area contributed by atoms with E-state index in [9.17, 15) is 18.0 Å². The predicted molar refractivity (Wildman–Crippen MR) is 118 cm³/mol. The molecule has 13 heteroatoms. The number of rotatable bonds is 6. The molecule has 0 spiro atoms. The molecule has 0 radical (unpaired) electrons. The molecule has 1 saturated heterocycles. The number of amides is 2. The van der Waals surface area contributed by atoms with Crippen LogP contribution in [0.4, 0.5) is 0 Å². The molecule has 35 heavy (non-hydrogen) atoms. The Balaban J connectivity index is 1.17. The van der Waals surface area contributed by atoms with E-state index in [1.807, 2.05) is 0 Å². The first kappa shape index (κ1) is 23.2. The largest absolute Gasteiger partial charge is 0.486 e. The number of nitrogens with zero attached hydrogens (tertiary/aromatic N) is 1. The molecule has 1 atom stereocenters. The van der Waals surface area contributed by atoms with Crippen molar-refractivity contribution in [2.45, 2.75) is 17.7 Å². The number of ether oxygens (including phenoxy) is 5. The average molecular weight is 506 g/mol. The van der Waals surface area contributed by atoms with Gasteiger partial charge in [-0.05, 0) is 29.8 Å². The van der Waals surface area contributed by atoms with Crippen molar-refractivity contribution < 1.29 is 41.7 Å². The summed E-state index contributed by atoms with van der Waals surface area (Å²) in [4.78, 5) is 24.5. The van der Waals surface area contributed by atoms with E-state index in [1.165, 1.54) is 12.1 Å². The van der Waals surface area contributed by atoms with Crippen LogP contribution in [-0.2, 0) is 30.9 Å². The molecular weight excluding hydrogens is 482 g/mol. The van der Waals surface area contributed by atoms with E-state index in [0.717, 1.165) is 9.87 Å². The van der Waals surface area contributed by atoms with E-state index < -0.39 is 28.1 Å². The Labute approximate surface area is 201 Å². The number of hydrogen-bond acceptors (Lipinski definition) is 9. The first-order chi connectivity index (χ1) is 16.9. The number of fused-ring (bicyclic) bond motifs is 2. The molecule has 12 nitrogen and oxygen atoms in total. The van der Waals surface area contributed by atoms with Gasteiger partial charge in [-0.2, -0.15) is 4.31 Å². The highest BCUT2D eigenvalue weighted by atomic mass is 32.2. The van der Waals surface area contributed by atoms with Crippen molar-refractivity contribution in [3.63, 3.8) is 0 Å². The van der Waals surface area contributed by atoms with Crippen molar-refractivity contribution in [2.24, 2.45) is 0 Å². The molecule has 186 valence electrons. The van der Waals surface area contributed by atoms with Gasteiger partial charge in [0.1, 0.15) is 19.4 Å². The van der Waals surface area contributed by atoms with Gasteiger partial charge in [0.15, 0.2) is 23.0 Å². The van der Waals surface area contributed by atoms with E-state index >= 15 is 0 Å². The third-order valence-electron chi connectivity index (χ3n) is 5.60. The normalized spacial score (nSPS) is 18.8. The third kappa shape index (κ3) is 4.83. The fourth-order valence-electron chi connectivity index (χ4n) is 3.83. The van der Waals surface area contributed by atoms with Gasteiger partial charge in [0.25, 0.3) is 0 Å². The van der Waals surface area contributed by atoms with Gasteiger partial charge in [-0.3, -0.25) is 9.59 Å². The maximum absolute atomic E-state index is 13.2. The minimum Gasteiger partial charge on any atom is -0.486 e. The molecule has 0 aliphatic carbocycles. The van der Waals surface area contributed by atoms with Gasteiger partial charge in [0.2, 0.25) is 16.8 Å². The minimum atomic E-state index is -3.94. The van der Waals surface area contributed by atoms with Gasteiger partial charge in [0, 0.05) is 19.2 Å². The second-order valence-electron chi connectivity index (χ2n) is 7.83. The van der Waals surface area contributed by atoms with Crippen LogP contribution in [0.3, 0.4) is 0 Å². The molecule has 0 bridgehead atoms. The van der Waals surface area contributed by atoms with Gasteiger partial charge >= 0.3 is 11.8 Å². The van der Waals surface area contributed by atoms with Gasteiger partial charge in [-0.1, -0.05) is 6.07 Å². The van der Waals surface area contributed by atoms with E-state index in [4.69, 9.17) is 23.7 Å². The number of hydrogen-bond donors (Lipinski definition) is 2. The number of carbonyl (C=O) groups excluding carboxylic acids is 2. The van der Waals surface area contributed by atoms with Crippen molar-refractivity contribution in [1.29, 1.82) is 0 Å². The minimum absolute atomic E-state index is 0.0186. The number of sulfonamides is 1. The van der Waals surface area contributed by atoms with Crippen LogP contribution in [-0.4, -0.2) is 70.5 Å². The first-order valence-corrected chi connectivity index (χ1v) is 12.3. The highest BCUT2D eigenvalue weighted by Crippen LogP contribution is 2.34. The Morgan fingerprint density at radius 3 is 2.40 bits per heavy atom. The summed E-state index contributed by atoms with van der Waals surface area (Å²) in [6.07, 6.45) is -0.959. The summed E-state index contributed by atoms with van der Waals surface area (Å²) in [6.45, 7) is 1.03. The Bertz CT molecular complexity index is 1250. The average Bonchev–Trinajstić information content (AvgIpc) is 3.55. The lowest BCUT2D eigenvalue weighted by Crippen LogP contribution is -2.47. The summed E-state index contributed by atoms with van der Waals surface area (Å²) in [7, 11) is -3.94. The molecule has 0 unspecified atom stereocenters. The van der Waals surface area contributed by atoms with Crippen molar-refractivity contribution in [3.05, 3.63) is 42.0 Å². The smallest absolute Gasteiger partial charge is 0.309 e. The van der Waals surface area contributed by atoms with Crippen molar-refractivity contribution in [2.75, 3.05) is 39.7 Å². The fourth-order valence-corrected chi connectivity index (χ4v) is 5.36. The summed E-state index contributed by atoms with van der Waals surface area (Å²) < 4.78 is 54.5. The molecule has 0 aromatic heterocycles. The van der Waals surface area contributed by atoms with Crippen molar-refractivity contribution in [1.82, 2.24) is 14.9 Å². The molecule has 3 aliphatic rings. The zero-order chi connectivity index (χ0) is 24.4. The highest BCUT2D eigenvalue weighted by Gasteiger charge is 2.37. The summed E-state index contributed by atoms with van der Waals surface area (Å²) in [5.74, 6) is 0.244. The third-order valence-corrected chi connectivity index (χ3v) is 7.48. The summed E-state index contributed by atoms with van der Waals surface area (Å²) in [5, 5.41) is 4.95. The second-order valence-corrected chi connectivity index (χ2v) is 9.72. The molecule has 2 aromatic carbocycles. The lowest BCUT2D eigenvalue weighted by molar-refractivity contribution is -0.139. The van der Waals surface area contributed by atoms with Crippen LogP contribution in [0.2, 0.25) is 0 Å². The Morgan fingerprint density at radius 1 is 0.857 bits per heavy atom. The monoisotopic (exact) mass is 505 g/mol. The zero-order valence-electron chi connectivity index (χ0n) is 18.5. The lowest BCUT2D eigenvalue weighted by Gasteiger charge is -2.24. The topological polar surface area (TPSA) is 142 Å². The zero-order valence-corrected chi connectivity index (χ0v) is 19.3. The summed E-state index contributed by atoms with van der Waals surface area (Å²) >= 11 is 0. The number of benzene rings is 2. The van der Waals surface area contributed by atoms with Crippen LogP contribution in [0.1, 0.15) is 5.56 Å². The molecule has 1 fully saturated rings. The van der Waals surface area contributed by atoms with E-state index in [-0.39, 0.29) is 37.9 Å². The standard InChI is InChI=1S/C22H23N3O9S/c26-21(23-11-14-1-3-17-18(9-14)34-13-33-17)22(27)24-12-20-25(5-6-32-20)35(28,29)15-2-4-16-19(10-15)31-8-7-30-16/h1-4,9-10,20H,5-8,11-13H2,(H,23,26)(H,24,27)/t20-/m1/s1. The maximum atomic E-state index is 13.2. The number of carbonyl (C=O) groups is 2. The lowest BCUT2D eigenvalue weighted by atomic mass is 10.2. The van der Waals surface area contributed by atoms with Crippen molar-refractivity contribution in [3.8, 4) is 23.0 Å². The molecule has 2 aromatic rings. The Hall–Kier alpha value is -3.55. The van der Waals surface area contributed by atoms with Crippen LogP contribution in [0, 0.1) is 0 Å². The second kappa shape index (κ2) is 9.60. The van der Waals surface area contributed by atoms with Crippen LogP contribution in [0.15, 0.2) is 41.3 Å². The van der Waals surface area contributed by atoms with Gasteiger partial charge in [0.05, 0.1) is 18.0 Å². The molecular formula is C22H23N3O9S. The highest BCUT2D eigenvalue weighted by molar-refractivity contribution is 7.89. The molecule has 2 amide bonds. The SMILES string of the molecule is O=C(NCc1ccc2c(c1)OCO2)C(=O)NC[C@H]1OCCN1S(=O)(=O)c1ccc2c(c1)OCCO2. The quantitative estimate of drug-likeness (QED) is 0.518. The molecule has 5 rings (SSSR count). The molecule has 2 N–H and O–H groups in total. The molecule has 0 saturated carbocycles. The predicted octanol–water partition coefficient (Wildman–Crippen LogP) is -0.0339. The fraction of sp³-hybridized carbons (Fsp3) is 0.364. The van der Waals surface area contributed by atoms with Crippen LogP contribution < -0.4 is 29.6 Å². The van der Waals surface area contributed by atoms with E-state index in [1.54, 1.807) is 24.3 Å². The Kier molecular flexibility index (Phi) is 6.36. The van der Waals surface area contributed by atoms with Crippen molar-refractivity contribution >= 4 is 21.8 Å². The van der Waals surface area contributed by atoms with Gasteiger partial charge in [-0.25, -0.2) is 8.42 Å². The summed E-state index contributed by atoms with van der Waals surface area (Å²) in [6, 6.07) is 9.56. The molecule has 3 heterocycles. The van der Waals surface area contributed by atoms with Gasteiger partial charge in [-0.15, -0.1) is 0 Å².